The molecule has 108 valence electrons. The summed E-state index contributed by atoms with van der Waals surface area (Å²) in [6.07, 6.45) is 10.9. The number of nitrogens with zero attached hydrogens (tertiary/aromatic N) is 3. The first kappa shape index (κ1) is 13.0. The molecule has 0 amide bonds. The Labute approximate surface area is 120 Å². The number of ether oxygens (including phenoxy) is 2. The van der Waals surface area contributed by atoms with E-state index in [1.165, 1.54) is 6.26 Å². The van der Waals surface area contributed by atoms with E-state index in [-0.39, 0.29) is 17.4 Å². The highest BCUT2D eigenvalue weighted by Gasteiger charge is 2.18. The third-order valence-electron chi connectivity index (χ3n) is 2.93. The van der Waals surface area contributed by atoms with Gasteiger partial charge in [0.1, 0.15) is 6.26 Å². The fraction of sp³-hybridized carbons (Fsp3) is 0.154. The Morgan fingerprint density at radius 3 is 2.71 bits per heavy atom. The molecule has 0 saturated heterocycles. The second kappa shape index (κ2) is 5.53. The van der Waals surface area contributed by atoms with Crippen molar-refractivity contribution in [2.24, 2.45) is 26.8 Å². The maximum Gasteiger partial charge on any atom is 0.249 e. The van der Waals surface area contributed by atoms with Gasteiger partial charge in [-0.2, -0.15) is 5.10 Å². The molecule has 2 heterocycles. The van der Waals surface area contributed by atoms with E-state index in [0.717, 1.165) is 18.4 Å². The topological polar surface area (TPSA) is 120 Å². The van der Waals surface area contributed by atoms with Crippen LogP contribution in [0.4, 0.5) is 0 Å². The molecule has 1 aliphatic carbocycles. The fourth-order valence-corrected chi connectivity index (χ4v) is 1.88. The van der Waals surface area contributed by atoms with Crippen molar-refractivity contribution in [3.63, 3.8) is 0 Å². The number of hydrazone groups is 1. The van der Waals surface area contributed by atoms with E-state index in [2.05, 4.69) is 26.8 Å². The molecule has 0 unspecified atom stereocenters. The number of rotatable bonds is 3. The molecule has 5 N–H and O–H groups in total. The number of amidine groups is 2. The number of nitrogens with two attached hydrogens (primary N) is 2. The molecular weight excluding hydrogens is 272 g/mol. The summed E-state index contributed by atoms with van der Waals surface area (Å²) < 4.78 is 10.9. The van der Waals surface area contributed by atoms with E-state index in [1.807, 2.05) is 12.2 Å². The quantitative estimate of drug-likeness (QED) is 0.654. The van der Waals surface area contributed by atoms with Crippen molar-refractivity contribution in [1.82, 2.24) is 5.43 Å². The summed E-state index contributed by atoms with van der Waals surface area (Å²) in [7, 11) is 0. The normalized spacial score (nSPS) is 20.4. The van der Waals surface area contributed by atoms with Gasteiger partial charge in [-0.05, 0) is 18.4 Å². The molecule has 0 fully saturated rings. The number of hydrogen-bond acceptors (Lipinski definition) is 8. The lowest BCUT2D eigenvalue weighted by atomic mass is 10.0. The molecule has 0 aromatic rings. The highest BCUT2D eigenvalue weighted by molar-refractivity contribution is 6.68. The average Bonchev–Trinajstić information content (AvgIpc) is 2.85. The molecular formula is C13H14N6O2. The highest BCUT2D eigenvalue weighted by Crippen LogP contribution is 2.25. The third-order valence-corrected chi connectivity index (χ3v) is 2.93. The van der Waals surface area contributed by atoms with Crippen LogP contribution in [-0.4, -0.2) is 17.4 Å². The second-order valence-electron chi connectivity index (χ2n) is 4.40. The van der Waals surface area contributed by atoms with Gasteiger partial charge < -0.3 is 20.9 Å². The fourth-order valence-electron chi connectivity index (χ4n) is 1.88. The Morgan fingerprint density at radius 1 is 1.19 bits per heavy atom. The van der Waals surface area contributed by atoms with Crippen LogP contribution in [0.1, 0.15) is 12.8 Å². The van der Waals surface area contributed by atoms with E-state index >= 15 is 0 Å². The third kappa shape index (κ3) is 2.78. The first-order valence-electron chi connectivity index (χ1n) is 6.35. The highest BCUT2D eigenvalue weighted by atomic mass is 16.6. The second-order valence-corrected chi connectivity index (χ2v) is 4.40. The van der Waals surface area contributed by atoms with Crippen molar-refractivity contribution in [2.75, 3.05) is 0 Å². The predicted octanol–water partition coefficient (Wildman–Crippen LogP) is 0.538. The molecule has 0 saturated carbocycles. The summed E-state index contributed by atoms with van der Waals surface area (Å²) in [5.41, 5.74) is 15.2. The average molecular weight is 286 g/mol. The predicted molar refractivity (Wildman–Crippen MR) is 78.6 cm³/mol. The first-order valence-corrected chi connectivity index (χ1v) is 6.35. The van der Waals surface area contributed by atoms with Crippen molar-refractivity contribution in [3.8, 4) is 0 Å². The molecule has 21 heavy (non-hydrogen) atoms. The Hall–Kier alpha value is -3.03. The molecule has 8 heteroatoms. The van der Waals surface area contributed by atoms with Crippen LogP contribution in [-0.2, 0) is 9.47 Å². The van der Waals surface area contributed by atoms with Crippen LogP contribution in [0.5, 0.6) is 0 Å². The molecule has 0 spiro atoms. The van der Waals surface area contributed by atoms with E-state index in [9.17, 15) is 0 Å². The molecule has 3 aliphatic rings. The van der Waals surface area contributed by atoms with Crippen LogP contribution in [0.15, 0.2) is 63.3 Å². The standard InChI is InChI=1S/C13H14N6O2/c14-12-11(13(15)19-18-12)17-16-10-7-20-6-9(21-10)8-4-2-1-3-5-8/h1-2,4,6-7,16H,3,5H2,(H4,14,15,17,18,19). The zero-order valence-corrected chi connectivity index (χ0v) is 11.1. The van der Waals surface area contributed by atoms with E-state index in [1.54, 1.807) is 6.26 Å². The van der Waals surface area contributed by atoms with Gasteiger partial charge in [-0.3, -0.25) is 0 Å². The SMILES string of the molecule is NC1=NN=C(N)C1=NNC1=COC=C(C2=CC=CCC2)O1. The van der Waals surface area contributed by atoms with Crippen LogP contribution >= 0.6 is 0 Å². The van der Waals surface area contributed by atoms with Gasteiger partial charge in [0, 0.05) is 0 Å². The molecule has 0 bridgehead atoms. The molecule has 3 rings (SSSR count). The molecule has 8 nitrogen and oxygen atoms in total. The molecule has 0 radical (unpaired) electrons. The van der Waals surface area contributed by atoms with Gasteiger partial charge in [-0.15, -0.1) is 10.2 Å². The number of allylic oxidation sites excluding steroid dienone is 4. The lowest BCUT2D eigenvalue weighted by Crippen LogP contribution is -2.34. The van der Waals surface area contributed by atoms with Crippen LogP contribution in [0, 0.1) is 0 Å². The monoisotopic (exact) mass is 286 g/mol. The van der Waals surface area contributed by atoms with Crippen LogP contribution in [0.2, 0.25) is 0 Å². The summed E-state index contributed by atoms with van der Waals surface area (Å²) in [6, 6.07) is 0. The Bertz CT molecular complexity index is 646. The Balaban J connectivity index is 1.66. The van der Waals surface area contributed by atoms with E-state index in [0.29, 0.717) is 11.6 Å². The number of hydrogen-bond donors (Lipinski definition) is 3. The largest absolute Gasteiger partial charge is 0.463 e. The first-order chi connectivity index (χ1) is 10.2. The van der Waals surface area contributed by atoms with Crippen molar-refractivity contribution in [3.05, 3.63) is 48.0 Å². The minimum absolute atomic E-state index is 0.146. The van der Waals surface area contributed by atoms with Gasteiger partial charge in [0.05, 0.1) is 0 Å². The minimum Gasteiger partial charge on any atom is -0.463 e. The van der Waals surface area contributed by atoms with Gasteiger partial charge >= 0.3 is 0 Å². The summed E-state index contributed by atoms with van der Waals surface area (Å²) in [4.78, 5) is 0. The van der Waals surface area contributed by atoms with Crippen molar-refractivity contribution in [2.45, 2.75) is 12.8 Å². The summed E-state index contributed by atoms with van der Waals surface area (Å²) >= 11 is 0. The minimum atomic E-state index is 0.146. The van der Waals surface area contributed by atoms with Crippen molar-refractivity contribution in [1.29, 1.82) is 0 Å². The molecule has 0 aromatic carbocycles. The summed E-state index contributed by atoms with van der Waals surface area (Å²) in [5, 5.41) is 11.2. The molecule has 2 aliphatic heterocycles. The summed E-state index contributed by atoms with van der Waals surface area (Å²) in [6.45, 7) is 0. The molecule has 0 atom stereocenters. The van der Waals surface area contributed by atoms with Gasteiger partial charge in [0.15, 0.2) is 29.4 Å². The lowest BCUT2D eigenvalue weighted by Gasteiger charge is -2.18. The van der Waals surface area contributed by atoms with Crippen molar-refractivity contribution >= 4 is 17.4 Å². The van der Waals surface area contributed by atoms with Crippen LogP contribution < -0.4 is 16.9 Å². The van der Waals surface area contributed by atoms with Crippen molar-refractivity contribution < 1.29 is 9.47 Å². The number of nitrogens with one attached hydrogen (secondary N) is 1. The zero-order chi connectivity index (χ0) is 14.7. The summed E-state index contributed by atoms with van der Waals surface area (Å²) in [5.74, 6) is 1.25. The lowest BCUT2D eigenvalue weighted by molar-refractivity contribution is 0.208. The van der Waals surface area contributed by atoms with Crippen LogP contribution in [0.25, 0.3) is 0 Å². The van der Waals surface area contributed by atoms with Gasteiger partial charge in [-0.25, -0.2) is 5.43 Å². The maximum atomic E-state index is 5.67. The maximum absolute atomic E-state index is 5.67. The Morgan fingerprint density at radius 2 is 2.00 bits per heavy atom. The van der Waals surface area contributed by atoms with Gasteiger partial charge in [0.25, 0.3) is 0 Å². The van der Waals surface area contributed by atoms with E-state index < -0.39 is 0 Å². The smallest absolute Gasteiger partial charge is 0.249 e. The zero-order valence-electron chi connectivity index (χ0n) is 11.1. The molecule has 0 aromatic heterocycles. The van der Waals surface area contributed by atoms with Gasteiger partial charge in [-0.1, -0.05) is 18.2 Å². The van der Waals surface area contributed by atoms with E-state index in [4.69, 9.17) is 20.9 Å². The van der Waals surface area contributed by atoms with Gasteiger partial charge in [0.2, 0.25) is 5.88 Å². The Kier molecular flexibility index (Phi) is 3.42. The van der Waals surface area contributed by atoms with Crippen LogP contribution in [0.3, 0.4) is 0 Å².